The predicted octanol–water partition coefficient (Wildman–Crippen LogP) is 3.56. The van der Waals surface area contributed by atoms with Crippen LogP contribution >= 0.6 is 23.2 Å². The van der Waals surface area contributed by atoms with Crippen LogP contribution in [0, 0.1) is 0 Å². The van der Waals surface area contributed by atoms with Crippen LogP contribution in [0.5, 0.6) is 0 Å². The molecule has 2 atom stereocenters. The fraction of sp³-hybridized carbons (Fsp3) is 0.571. The summed E-state index contributed by atoms with van der Waals surface area (Å²) in [5.74, 6) is 0. The van der Waals surface area contributed by atoms with Crippen LogP contribution in [-0.4, -0.2) is 43.3 Å². The monoisotopic (exact) mass is 385 g/mol. The van der Waals surface area contributed by atoms with Gasteiger partial charge in [-0.3, -0.25) is 4.55 Å². The molecule has 0 bridgehead atoms. The summed E-state index contributed by atoms with van der Waals surface area (Å²) in [7, 11) is -3.00. The summed E-state index contributed by atoms with van der Waals surface area (Å²) in [6.07, 6.45) is -0.819. The largest absolute Gasteiger partial charge is 0.359 e. The highest BCUT2D eigenvalue weighted by Crippen LogP contribution is 2.37. The average molecular weight is 386 g/mol. The van der Waals surface area contributed by atoms with Gasteiger partial charge in [-0.1, -0.05) is 29.3 Å². The zero-order chi connectivity index (χ0) is 17.8. The fourth-order valence-corrected chi connectivity index (χ4v) is 4.14. The van der Waals surface area contributed by atoms with Gasteiger partial charge in [0.25, 0.3) is 0 Å². The molecule has 0 spiro atoms. The van der Waals surface area contributed by atoms with Gasteiger partial charge >= 0.3 is 10.3 Å². The van der Waals surface area contributed by atoms with E-state index in [1.165, 1.54) is 7.11 Å². The highest BCUT2D eigenvalue weighted by atomic mass is 35.5. The molecule has 1 N–H and O–H groups in total. The molecule has 0 aliphatic rings. The molecule has 1 aromatic rings. The molecular formula is C14H21Cl2NO5S. The Hall–Kier alpha value is -0.410. The van der Waals surface area contributed by atoms with E-state index < -0.39 is 28.5 Å². The van der Waals surface area contributed by atoms with E-state index in [4.69, 9.17) is 32.7 Å². The number of nitrogens with zero attached hydrogens (tertiary/aromatic N) is 1. The van der Waals surface area contributed by atoms with Crippen LogP contribution < -0.4 is 0 Å². The van der Waals surface area contributed by atoms with Crippen molar-refractivity contribution >= 4 is 33.5 Å². The Kier molecular flexibility index (Phi) is 7.73. The molecule has 132 valence electrons. The van der Waals surface area contributed by atoms with Gasteiger partial charge in [0.1, 0.15) is 12.9 Å². The van der Waals surface area contributed by atoms with E-state index in [2.05, 4.69) is 0 Å². The summed E-state index contributed by atoms with van der Waals surface area (Å²) in [5.41, 5.74) is 0.440. The maximum Gasteiger partial charge on any atom is 0.336 e. The summed E-state index contributed by atoms with van der Waals surface area (Å²) >= 11 is 12.4. The molecule has 1 rings (SSSR count). The minimum absolute atomic E-state index is 0.0893. The summed E-state index contributed by atoms with van der Waals surface area (Å²) in [5, 5.41) is 0.675. The van der Waals surface area contributed by atoms with Gasteiger partial charge in [-0.25, -0.2) is 0 Å². The lowest BCUT2D eigenvalue weighted by atomic mass is 10.0. The summed E-state index contributed by atoms with van der Waals surface area (Å²) < 4.78 is 44.4. The van der Waals surface area contributed by atoms with Gasteiger partial charge in [-0.15, -0.1) is 0 Å². The van der Waals surface area contributed by atoms with Gasteiger partial charge < -0.3 is 9.47 Å². The molecule has 0 aliphatic carbocycles. The Labute approximate surface area is 147 Å². The highest BCUT2D eigenvalue weighted by molar-refractivity contribution is 7.83. The van der Waals surface area contributed by atoms with Crippen molar-refractivity contribution in [2.75, 3.05) is 13.9 Å². The van der Waals surface area contributed by atoms with Gasteiger partial charge in [0, 0.05) is 28.8 Å². The van der Waals surface area contributed by atoms with Crippen molar-refractivity contribution in [1.29, 1.82) is 0 Å². The van der Waals surface area contributed by atoms with Crippen LogP contribution in [-0.2, 0) is 19.8 Å². The third kappa shape index (κ3) is 5.29. The molecule has 6 nitrogen and oxygen atoms in total. The minimum atomic E-state index is -4.44. The van der Waals surface area contributed by atoms with Gasteiger partial charge in [0.2, 0.25) is 0 Å². The Morgan fingerprint density at radius 2 is 1.74 bits per heavy atom. The lowest BCUT2D eigenvalue weighted by Gasteiger charge is -2.35. The molecule has 0 aliphatic heterocycles. The normalized spacial score (nSPS) is 15.2. The Morgan fingerprint density at radius 1 is 1.22 bits per heavy atom. The Balaban J connectivity index is 3.35. The van der Waals surface area contributed by atoms with Crippen molar-refractivity contribution in [2.45, 2.75) is 39.0 Å². The zero-order valence-electron chi connectivity index (χ0n) is 13.4. The van der Waals surface area contributed by atoms with E-state index in [0.717, 1.165) is 4.31 Å². The van der Waals surface area contributed by atoms with Crippen LogP contribution in [0.3, 0.4) is 0 Å². The van der Waals surface area contributed by atoms with Crippen LogP contribution in [0.2, 0.25) is 10.0 Å². The molecule has 0 amide bonds. The lowest BCUT2D eigenvalue weighted by Crippen LogP contribution is -2.46. The molecule has 23 heavy (non-hydrogen) atoms. The minimum Gasteiger partial charge on any atom is -0.359 e. The first-order valence-corrected chi connectivity index (χ1v) is 9.07. The Bertz CT molecular complexity index is 603. The van der Waals surface area contributed by atoms with Crippen LogP contribution in [0.15, 0.2) is 18.2 Å². The summed E-state index contributed by atoms with van der Waals surface area (Å²) in [6.45, 7) is 4.81. The molecule has 0 saturated carbocycles. The van der Waals surface area contributed by atoms with E-state index in [1.54, 1.807) is 39.0 Å². The van der Waals surface area contributed by atoms with Crippen molar-refractivity contribution in [1.82, 2.24) is 4.31 Å². The van der Waals surface area contributed by atoms with Gasteiger partial charge in [-0.05, 0) is 32.9 Å². The SMILES string of the molecule is COCO[C@@H](c1c(Cl)cccc1Cl)[C@H](C)N(C(C)C)S(=O)(=O)O. The molecular weight excluding hydrogens is 365 g/mol. The number of ether oxygens (including phenoxy) is 2. The van der Waals surface area contributed by atoms with Crippen molar-refractivity contribution in [3.63, 3.8) is 0 Å². The number of rotatable bonds is 8. The van der Waals surface area contributed by atoms with Gasteiger partial charge in [-0.2, -0.15) is 12.7 Å². The predicted molar refractivity (Wildman–Crippen MR) is 90.1 cm³/mol. The van der Waals surface area contributed by atoms with E-state index in [1.807, 2.05) is 0 Å². The van der Waals surface area contributed by atoms with E-state index in [0.29, 0.717) is 15.6 Å². The van der Waals surface area contributed by atoms with Gasteiger partial charge in [0.15, 0.2) is 0 Å². The van der Waals surface area contributed by atoms with Crippen molar-refractivity contribution in [3.8, 4) is 0 Å². The van der Waals surface area contributed by atoms with Crippen LogP contribution in [0.4, 0.5) is 0 Å². The first kappa shape index (κ1) is 20.6. The maximum absolute atomic E-state index is 11.7. The number of methoxy groups -OCH3 is 1. The summed E-state index contributed by atoms with van der Waals surface area (Å²) in [6, 6.07) is 3.68. The number of hydrogen-bond acceptors (Lipinski definition) is 4. The number of benzene rings is 1. The third-order valence-corrected chi connectivity index (χ3v) is 5.21. The maximum atomic E-state index is 11.7. The molecule has 0 unspecified atom stereocenters. The quantitative estimate of drug-likeness (QED) is 0.546. The third-order valence-electron chi connectivity index (χ3n) is 3.26. The average Bonchev–Trinajstić information content (AvgIpc) is 2.39. The topological polar surface area (TPSA) is 76.1 Å². The van der Waals surface area contributed by atoms with Crippen LogP contribution in [0.25, 0.3) is 0 Å². The molecule has 9 heteroatoms. The lowest BCUT2D eigenvalue weighted by molar-refractivity contribution is -0.0936. The summed E-state index contributed by atoms with van der Waals surface area (Å²) in [4.78, 5) is 0. The van der Waals surface area contributed by atoms with Gasteiger partial charge in [0.05, 0.1) is 6.04 Å². The first-order chi connectivity index (χ1) is 10.6. The van der Waals surface area contributed by atoms with Crippen LogP contribution in [0.1, 0.15) is 32.4 Å². The van der Waals surface area contributed by atoms with Crippen molar-refractivity contribution in [2.24, 2.45) is 0 Å². The van der Waals surface area contributed by atoms with Crippen molar-refractivity contribution in [3.05, 3.63) is 33.8 Å². The number of hydrogen-bond donors (Lipinski definition) is 1. The number of halogens is 2. The molecule has 0 saturated heterocycles. The van der Waals surface area contributed by atoms with Crippen molar-refractivity contribution < 1.29 is 22.4 Å². The molecule has 1 aromatic carbocycles. The standard InChI is InChI=1S/C14H21Cl2NO5S/c1-9(2)17(23(18,19)20)10(3)14(22-8-21-4)13-11(15)6-5-7-12(13)16/h5-7,9-10,14H,8H2,1-4H3,(H,18,19,20)/t10-,14+/m0/s1. The second kappa shape index (κ2) is 8.62. The molecule has 0 heterocycles. The molecule has 0 aromatic heterocycles. The second-order valence-electron chi connectivity index (χ2n) is 5.27. The highest BCUT2D eigenvalue weighted by Gasteiger charge is 2.36. The first-order valence-electron chi connectivity index (χ1n) is 6.91. The molecule has 0 fully saturated rings. The Morgan fingerprint density at radius 3 is 2.13 bits per heavy atom. The smallest absolute Gasteiger partial charge is 0.336 e. The van der Waals surface area contributed by atoms with E-state index in [-0.39, 0.29) is 6.79 Å². The zero-order valence-corrected chi connectivity index (χ0v) is 15.7. The molecule has 0 radical (unpaired) electrons. The second-order valence-corrected chi connectivity index (χ2v) is 7.40. The van der Waals surface area contributed by atoms with E-state index >= 15 is 0 Å². The fourth-order valence-electron chi connectivity index (χ4n) is 2.47. The van der Waals surface area contributed by atoms with E-state index in [9.17, 15) is 13.0 Å².